The van der Waals surface area contributed by atoms with Crippen LogP contribution in [0.1, 0.15) is 5.69 Å². The molecular weight excluding hydrogens is 290 g/mol. The zero-order valence-corrected chi connectivity index (χ0v) is 13.2. The third-order valence-electron chi connectivity index (χ3n) is 3.76. The predicted octanol–water partition coefficient (Wildman–Crippen LogP) is 2.29. The molecule has 0 radical (unpaired) electrons. The molecule has 0 fully saturated rings. The van der Waals surface area contributed by atoms with Gasteiger partial charge in [0.25, 0.3) is 0 Å². The highest BCUT2D eigenvalue weighted by molar-refractivity contribution is 5.93. The number of hydrogen-bond donors (Lipinski definition) is 1. The largest absolute Gasteiger partial charge is 0.495 e. The van der Waals surface area contributed by atoms with Crippen molar-refractivity contribution in [2.75, 3.05) is 31.3 Å². The van der Waals surface area contributed by atoms with Gasteiger partial charge in [0, 0.05) is 43.4 Å². The van der Waals surface area contributed by atoms with E-state index in [0.29, 0.717) is 11.4 Å². The fourth-order valence-corrected chi connectivity index (χ4v) is 2.50. The fourth-order valence-electron chi connectivity index (χ4n) is 2.50. The summed E-state index contributed by atoms with van der Waals surface area (Å²) in [5, 5.41) is 0.911. The zero-order chi connectivity index (χ0) is 16.2. The number of rotatable bonds is 5. The molecule has 118 valence electrons. The maximum atomic E-state index is 6.02. The van der Waals surface area contributed by atoms with Crippen molar-refractivity contribution < 1.29 is 4.74 Å². The minimum absolute atomic E-state index is 0.578. The summed E-state index contributed by atoms with van der Waals surface area (Å²) in [5.74, 6) is 1.47. The molecule has 0 aliphatic heterocycles. The Morgan fingerprint density at radius 2 is 2.04 bits per heavy atom. The molecule has 2 aromatic heterocycles. The first-order valence-corrected chi connectivity index (χ1v) is 7.38. The molecule has 2 N–H and O–H groups in total. The Morgan fingerprint density at radius 1 is 1.17 bits per heavy atom. The van der Waals surface area contributed by atoms with E-state index in [4.69, 9.17) is 10.5 Å². The minimum atomic E-state index is 0.578. The number of hydrogen-bond acceptors (Lipinski definition) is 6. The average Bonchev–Trinajstić information content (AvgIpc) is 2.59. The molecule has 0 unspecified atom stereocenters. The van der Waals surface area contributed by atoms with Crippen molar-refractivity contribution in [3.8, 4) is 5.75 Å². The Labute approximate surface area is 135 Å². The van der Waals surface area contributed by atoms with Crippen LogP contribution in [0.5, 0.6) is 5.75 Å². The fraction of sp³-hybridized carbons (Fsp3) is 0.235. The second-order valence-electron chi connectivity index (χ2n) is 5.30. The highest BCUT2D eigenvalue weighted by atomic mass is 16.5. The van der Waals surface area contributed by atoms with Crippen LogP contribution >= 0.6 is 0 Å². The predicted molar refractivity (Wildman–Crippen MR) is 91.7 cm³/mol. The maximum Gasteiger partial charge on any atom is 0.143 e. The number of benzene rings is 1. The van der Waals surface area contributed by atoms with Crippen molar-refractivity contribution in [3.05, 3.63) is 48.5 Å². The maximum absolute atomic E-state index is 6.02. The van der Waals surface area contributed by atoms with Gasteiger partial charge in [0.15, 0.2) is 0 Å². The lowest BCUT2D eigenvalue weighted by Gasteiger charge is -2.20. The van der Waals surface area contributed by atoms with Gasteiger partial charge in [0.1, 0.15) is 17.9 Å². The summed E-state index contributed by atoms with van der Waals surface area (Å²) in [6, 6.07) is 9.63. The Morgan fingerprint density at radius 3 is 2.78 bits per heavy atom. The first-order chi connectivity index (χ1) is 11.2. The Bertz CT molecular complexity index is 807. The van der Waals surface area contributed by atoms with E-state index in [1.807, 2.05) is 43.6 Å². The number of nitrogen functional groups attached to an aromatic ring is 1. The van der Waals surface area contributed by atoms with Crippen LogP contribution in [-0.4, -0.2) is 35.7 Å². The first-order valence-electron chi connectivity index (χ1n) is 7.38. The van der Waals surface area contributed by atoms with Crippen molar-refractivity contribution in [2.45, 2.75) is 6.42 Å². The average molecular weight is 309 g/mol. The van der Waals surface area contributed by atoms with E-state index in [1.54, 1.807) is 13.4 Å². The second kappa shape index (κ2) is 6.48. The van der Waals surface area contributed by atoms with E-state index >= 15 is 0 Å². The smallest absolute Gasteiger partial charge is 0.143 e. The molecule has 0 saturated carbocycles. The Hall–Kier alpha value is -2.89. The third-order valence-corrected chi connectivity index (χ3v) is 3.76. The lowest BCUT2D eigenvalue weighted by Crippen LogP contribution is -2.22. The van der Waals surface area contributed by atoms with Crippen LogP contribution in [0, 0.1) is 0 Å². The highest BCUT2D eigenvalue weighted by Gasteiger charge is 2.12. The number of methoxy groups -OCH3 is 1. The van der Waals surface area contributed by atoms with Crippen LogP contribution in [-0.2, 0) is 6.42 Å². The van der Waals surface area contributed by atoms with Crippen molar-refractivity contribution in [1.82, 2.24) is 15.0 Å². The van der Waals surface area contributed by atoms with Crippen LogP contribution in [0.25, 0.3) is 10.9 Å². The molecule has 0 spiro atoms. The van der Waals surface area contributed by atoms with Crippen molar-refractivity contribution >= 4 is 22.4 Å². The van der Waals surface area contributed by atoms with Crippen LogP contribution in [0.2, 0.25) is 0 Å². The molecule has 3 aromatic rings. The summed E-state index contributed by atoms with van der Waals surface area (Å²) in [5.41, 5.74) is 8.47. The summed E-state index contributed by atoms with van der Waals surface area (Å²) in [6.07, 6.45) is 4.21. The van der Waals surface area contributed by atoms with Crippen molar-refractivity contribution in [3.63, 3.8) is 0 Å². The number of ether oxygens (including phenoxy) is 1. The lowest BCUT2D eigenvalue weighted by molar-refractivity contribution is 0.417. The van der Waals surface area contributed by atoms with Crippen LogP contribution in [0.15, 0.2) is 42.9 Å². The molecule has 23 heavy (non-hydrogen) atoms. The van der Waals surface area contributed by atoms with Gasteiger partial charge in [-0.1, -0.05) is 6.07 Å². The summed E-state index contributed by atoms with van der Waals surface area (Å²) in [7, 11) is 3.60. The number of nitrogens with two attached hydrogens (primary N) is 1. The van der Waals surface area contributed by atoms with Gasteiger partial charge < -0.3 is 15.4 Å². The molecule has 6 heteroatoms. The number of aromatic nitrogens is 3. The topological polar surface area (TPSA) is 77.2 Å². The summed E-state index contributed by atoms with van der Waals surface area (Å²) >= 11 is 0. The molecular formula is C17H19N5O. The van der Waals surface area contributed by atoms with Gasteiger partial charge in [-0.3, -0.25) is 4.98 Å². The Balaban J connectivity index is 1.88. The number of likely N-dealkylation sites (N-methyl/N-ethyl adjacent to an activating group) is 1. The second-order valence-corrected chi connectivity index (χ2v) is 5.30. The van der Waals surface area contributed by atoms with Gasteiger partial charge in [-0.2, -0.15) is 0 Å². The molecule has 0 amide bonds. The number of anilines is 2. The normalized spacial score (nSPS) is 10.7. The quantitative estimate of drug-likeness (QED) is 0.729. The standard InChI is InChI=1S/C17H19N5O/c1-22(8-6-12-5-3-4-7-19-12)17-13-9-14(18)16(23-2)10-15(13)20-11-21-17/h3-5,7,9-11H,6,8,18H2,1-2H3. The lowest BCUT2D eigenvalue weighted by atomic mass is 10.2. The molecule has 1 aromatic carbocycles. The van der Waals surface area contributed by atoms with Gasteiger partial charge in [0.05, 0.1) is 18.3 Å². The van der Waals surface area contributed by atoms with E-state index in [9.17, 15) is 0 Å². The molecule has 0 bridgehead atoms. The van der Waals surface area contributed by atoms with Crippen molar-refractivity contribution in [1.29, 1.82) is 0 Å². The number of pyridine rings is 1. The summed E-state index contributed by atoms with van der Waals surface area (Å²) < 4.78 is 5.25. The van der Waals surface area contributed by atoms with E-state index in [-0.39, 0.29) is 0 Å². The van der Waals surface area contributed by atoms with Crippen LogP contribution in [0.4, 0.5) is 11.5 Å². The summed E-state index contributed by atoms with van der Waals surface area (Å²) in [6.45, 7) is 0.801. The van der Waals surface area contributed by atoms with Gasteiger partial charge >= 0.3 is 0 Å². The molecule has 0 saturated heterocycles. The summed E-state index contributed by atoms with van der Waals surface area (Å²) in [4.78, 5) is 15.2. The third kappa shape index (κ3) is 3.15. The molecule has 0 aliphatic carbocycles. The van der Waals surface area contributed by atoms with Crippen LogP contribution < -0.4 is 15.4 Å². The minimum Gasteiger partial charge on any atom is -0.495 e. The Kier molecular flexibility index (Phi) is 4.23. The van der Waals surface area contributed by atoms with E-state index in [1.165, 1.54) is 0 Å². The van der Waals surface area contributed by atoms with Gasteiger partial charge in [0.2, 0.25) is 0 Å². The zero-order valence-electron chi connectivity index (χ0n) is 13.2. The molecule has 2 heterocycles. The molecule has 6 nitrogen and oxygen atoms in total. The van der Waals surface area contributed by atoms with Gasteiger partial charge in [-0.05, 0) is 18.2 Å². The first kappa shape index (κ1) is 15.0. The number of fused-ring (bicyclic) bond motifs is 1. The highest BCUT2D eigenvalue weighted by Crippen LogP contribution is 2.30. The monoisotopic (exact) mass is 309 g/mol. The van der Waals surface area contributed by atoms with E-state index < -0.39 is 0 Å². The number of nitrogens with zero attached hydrogens (tertiary/aromatic N) is 4. The van der Waals surface area contributed by atoms with Crippen LogP contribution in [0.3, 0.4) is 0 Å². The molecule has 0 atom stereocenters. The van der Waals surface area contributed by atoms with Gasteiger partial charge in [-0.15, -0.1) is 0 Å². The van der Waals surface area contributed by atoms with Gasteiger partial charge in [-0.25, -0.2) is 9.97 Å². The molecule has 0 aliphatic rings. The molecule has 3 rings (SSSR count). The van der Waals surface area contributed by atoms with Crippen molar-refractivity contribution in [2.24, 2.45) is 0 Å². The van der Waals surface area contributed by atoms with E-state index in [0.717, 1.165) is 35.4 Å². The SMILES string of the molecule is COc1cc2ncnc(N(C)CCc3ccccn3)c2cc1N. The van der Waals surface area contributed by atoms with E-state index in [2.05, 4.69) is 19.9 Å².